The van der Waals surface area contributed by atoms with E-state index in [1.807, 2.05) is 109 Å². The van der Waals surface area contributed by atoms with E-state index in [2.05, 4.69) is 0 Å². The first-order chi connectivity index (χ1) is 15.2. The van der Waals surface area contributed by atoms with Gasteiger partial charge in [-0.1, -0.05) is 60.7 Å². The van der Waals surface area contributed by atoms with E-state index >= 15 is 0 Å². The van der Waals surface area contributed by atoms with Gasteiger partial charge in [0.25, 0.3) is 0 Å². The Labute approximate surface area is 210 Å². The summed E-state index contributed by atoms with van der Waals surface area (Å²) in [5, 5.41) is 21.1. The van der Waals surface area contributed by atoms with Crippen LogP contribution in [0.25, 0.3) is 0 Å². The van der Waals surface area contributed by atoms with Crippen molar-refractivity contribution in [1.82, 2.24) is 0 Å². The van der Waals surface area contributed by atoms with Gasteiger partial charge in [-0.15, -0.1) is 0 Å². The van der Waals surface area contributed by atoms with Crippen LogP contribution in [0.15, 0.2) is 109 Å². The van der Waals surface area contributed by atoms with Gasteiger partial charge in [0.15, 0.2) is 0 Å². The molecule has 0 bridgehead atoms. The predicted molar refractivity (Wildman–Crippen MR) is 126 cm³/mol. The number of aliphatic hydroxyl groups is 2. The van der Waals surface area contributed by atoms with E-state index in [4.69, 9.17) is 9.47 Å². The first kappa shape index (κ1) is 24.1. The average Bonchev–Trinajstić information content (AvgIpc) is 2.81. The van der Waals surface area contributed by atoms with E-state index in [1.54, 1.807) is 0 Å². The molecule has 4 aromatic carbocycles. The number of ether oxygens (including phenoxy) is 2. The molecule has 0 spiro atoms. The van der Waals surface area contributed by atoms with Crippen LogP contribution in [0.5, 0.6) is 23.0 Å². The molecule has 0 fully saturated rings. The standard InChI is InChI=1S/C27H24O4.Na/c28-26(20-11-15-24(16-12-20)30-22-7-3-1-4-8-22)19-27(29)21-13-17-25(18-14-21)31-23-9-5-2-6-10-23;/h1-18,26-29H,19H2;. The minimum Gasteiger partial charge on any atom is -0.457 e. The minimum atomic E-state index is -0.791. The van der Waals surface area contributed by atoms with E-state index in [-0.39, 0.29) is 36.0 Å². The van der Waals surface area contributed by atoms with Crippen molar-refractivity contribution >= 4 is 29.6 Å². The van der Waals surface area contributed by atoms with Crippen LogP contribution in [-0.4, -0.2) is 39.8 Å². The van der Waals surface area contributed by atoms with Crippen LogP contribution >= 0.6 is 0 Å². The van der Waals surface area contributed by atoms with Crippen molar-refractivity contribution in [3.05, 3.63) is 120 Å². The first-order valence-electron chi connectivity index (χ1n) is 10.2. The summed E-state index contributed by atoms with van der Waals surface area (Å²) >= 11 is 0. The third-order valence-electron chi connectivity index (χ3n) is 4.93. The van der Waals surface area contributed by atoms with Gasteiger partial charge in [-0.3, -0.25) is 0 Å². The van der Waals surface area contributed by atoms with Crippen molar-refractivity contribution in [2.45, 2.75) is 18.6 Å². The molecule has 157 valence electrons. The number of rotatable bonds is 8. The van der Waals surface area contributed by atoms with Gasteiger partial charge < -0.3 is 19.7 Å². The normalized spacial score (nSPS) is 12.3. The maximum absolute atomic E-state index is 10.6. The molecule has 32 heavy (non-hydrogen) atoms. The Morgan fingerprint density at radius 2 is 0.781 bits per heavy atom. The molecule has 0 heterocycles. The molecule has 0 aliphatic rings. The molecule has 2 N–H and O–H groups in total. The van der Waals surface area contributed by atoms with E-state index < -0.39 is 12.2 Å². The number of aliphatic hydroxyl groups excluding tert-OH is 2. The summed E-state index contributed by atoms with van der Waals surface area (Å²) in [6, 6.07) is 33.5. The van der Waals surface area contributed by atoms with Crippen LogP contribution in [0.4, 0.5) is 0 Å². The summed E-state index contributed by atoms with van der Waals surface area (Å²) in [4.78, 5) is 0. The molecule has 2 unspecified atom stereocenters. The van der Waals surface area contributed by atoms with Gasteiger partial charge in [-0.25, -0.2) is 0 Å². The summed E-state index contributed by atoms with van der Waals surface area (Å²) in [7, 11) is 0. The third kappa shape index (κ3) is 6.70. The van der Waals surface area contributed by atoms with E-state index in [0.29, 0.717) is 11.5 Å². The Balaban J connectivity index is 0.00000289. The van der Waals surface area contributed by atoms with Gasteiger partial charge in [-0.2, -0.15) is 0 Å². The van der Waals surface area contributed by atoms with E-state index in [1.165, 1.54) is 0 Å². The van der Waals surface area contributed by atoms with Crippen molar-refractivity contribution in [1.29, 1.82) is 0 Å². The van der Waals surface area contributed by atoms with Crippen LogP contribution in [0.3, 0.4) is 0 Å². The second kappa shape index (κ2) is 11.9. The SMILES string of the molecule is OC(CC(O)c1ccc(Oc2ccccc2)cc1)c1ccc(Oc2ccccc2)cc1.[Na]. The largest absolute Gasteiger partial charge is 0.457 e. The zero-order valence-electron chi connectivity index (χ0n) is 18.0. The summed E-state index contributed by atoms with van der Waals surface area (Å²) in [6.07, 6.45) is -1.39. The molecule has 0 aliphatic carbocycles. The summed E-state index contributed by atoms with van der Waals surface area (Å²) in [5.74, 6) is 2.89. The van der Waals surface area contributed by atoms with Gasteiger partial charge in [0.05, 0.1) is 12.2 Å². The van der Waals surface area contributed by atoms with Crippen LogP contribution < -0.4 is 9.47 Å². The fourth-order valence-corrected chi connectivity index (χ4v) is 3.25. The van der Waals surface area contributed by atoms with Gasteiger partial charge in [0.1, 0.15) is 23.0 Å². The average molecular weight is 435 g/mol. The Kier molecular flexibility index (Phi) is 8.91. The quantitative estimate of drug-likeness (QED) is 0.331. The molecule has 1 radical (unpaired) electrons. The molecule has 0 aliphatic heterocycles. The zero-order valence-corrected chi connectivity index (χ0v) is 20.0. The van der Waals surface area contributed by atoms with Gasteiger partial charge in [0, 0.05) is 36.0 Å². The van der Waals surface area contributed by atoms with Crippen LogP contribution in [-0.2, 0) is 0 Å². The summed E-state index contributed by atoms with van der Waals surface area (Å²) in [5.41, 5.74) is 1.45. The molecular formula is C27H24NaO4. The maximum Gasteiger partial charge on any atom is 0.127 e. The minimum absolute atomic E-state index is 0. The Hall–Kier alpha value is -2.60. The van der Waals surface area contributed by atoms with Crippen molar-refractivity contribution in [3.8, 4) is 23.0 Å². The van der Waals surface area contributed by atoms with Crippen LogP contribution in [0.1, 0.15) is 29.8 Å². The monoisotopic (exact) mass is 435 g/mol. The Bertz CT molecular complexity index is 979. The van der Waals surface area contributed by atoms with Crippen molar-refractivity contribution in [3.63, 3.8) is 0 Å². The van der Waals surface area contributed by atoms with Crippen molar-refractivity contribution in [2.24, 2.45) is 0 Å². The fraction of sp³-hybridized carbons (Fsp3) is 0.111. The van der Waals surface area contributed by atoms with Crippen LogP contribution in [0, 0.1) is 0 Å². The maximum atomic E-state index is 10.6. The predicted octanol–water partition coefficient (Wildman–Crippen LogP) is 6.05. The number of benzene rings is 4. The molecule has 4 aromatic rings. The molecule has 2 atom stereocenters. The molecule has 0 aromatic heterocycles. The fourth-order valence-electron chi connectivity index (χ4n) is 3.25. The number of hydrogen-bond acceptors (Lipinski definition) is 4. The Morgan fingerprint density at radius 1 is 0.469 bits per heavy atom. The Morgan fingerprint density at radius 3 is 1.12 bits per heavy atom. The van der Waals surface area contributed by atoms with E-state index in [0.717, 1.165) is 22.6 Å². The molecule has 0 saturated carbocycles. The van der Waals surface area contributed by atoms with Gasteiger partial charge in [0.2, 0.25) is 0 Å². The van der Waals surface area contributed by atoms with E-state index in [9.17, 15) is 10.2 Å². The second-order valence-corrected chi connectivity index (χ2v) is 7.24. The molecule has 0 amide bonds. The smallest absolute Gasteiger partial charge is 0.127 e. The second-order valence-electron chi connectivity index (χ2n) is 7.24. The van der Waals surface area contributed by atoms with Gasteiger partial charge in [-0.05, 0) is 59.7 Å². The van der Waals surface area contributed by atoms with Crippen molar-refractivity contribution < 1.29 is 19.7 Å². The number of hydrogen-bond donors (Lipinski definition) is 2. The number of para-hydroxylation sites is 2. The molecule has 4 nitrogen and oxygen atoms in total. The molecule has 4 rings (SSSR count). The van der Waals surface area contributed by atoms with Gasteiger partial charge >= 0.3 is 0 Å². The first-order valence-corrected chi connectivity index (χ1v) is 10.2. The summed E-state index contributed by atoms with van der Waals surface area (Å²) in [6.45, 7) is 0. The topological polar surface area (TPSA) is 58.9 Å². The van der Waals surface area contributed by atoms with Crippen LogP contribution in [0.2, 0.25) is 0 Å². The molecule has 5 heteroatoms. The summed E-state index contributed by atoms with van der Waals surface area (Å²) < 4.78 is 11.5. The van der Waals surface area contributed by atoms with Crippen molar-refractivity contribution in [2.75, 3.05) is 0 Å². The third-order valence-corrected chi connectivity index (χ3v) is 4.93. The molecule has 0 saturated heterocycles. The zero-order chi connectivity index (χ0) is 21.5. The molecular weight excluding hydrogens is 411 g/mol.